The van der Waals surface area contributed by atoms with Gasteiger partial charge in [0.25, 0.3) is 0 Å². The van der Waals surface area contributed by atoms with E-state index in [1.165, 1.54) is 137 Å². The average molecular weight is 1550 g/mol. The highest BCUT2D eigenvalue weighted by Gasteiger charge is 2.27. The van der Waals surface area contributed by atoms with Gasteiger partial charge in [-0.15, -0.1) is 0 Å². The number of rotatable bonds is 44. The van der Waals surface area contributed by atoms with Crippen molar-refractivity contribution in [2.24, 2.45) is 23.5 Å². The number of carbonyl (C=O) groups excluding carboxylic acids is 5. The van der Waals surface area contributed by atoms with Gasteiger partial charge < -0.3 is 81.2 Å². The van der Waals surface area contributed by atoms with Crippen molar-refractivity contribution in [2.45, 2.75) is 251 Å². The lowest BCUT2D eigenvalue weighted by atomic mass is 9.84. The van der Waals surface area contributed by atoms with E-state index in [2.05, 4.69) is 86.0 Å². The van der Waals surface area contributed by atoms with Crippen molar-refractivity contribution in [1.82, 2.24) is 47.0 Å². The van der Waals surface area contributed by atoms with Crippen molar-refractivity contribution in [3.63, 3.8) is 0 Å². The number of nitrogens with one attached hydrogen (secondary N) is 7. The van der Waals surface area contributed by atoms with Gasteiger partial charge in [-0.25, -0.2) is 24.0 Å². The molecule has 3 aliphatic rings. The molecule has 7 amide bonds. The Morgan fingerprint density at radius 2 is 0.811 bits per heavy atom. The van der Waals surface area contributed by atoms with E-state index < -0.39 is 18.3 Å². The molecular formula is C82H139Cl3N10O11. The number of ether oxygens (including phenoxy) is 6. The number of nitrogens with two attached hydrogens (primary N) is 1. The summed E-state index contributed by atoms with van der Waals surface area (Å²) in [5.41, 5.74) is 8.96. The summed E-state index contributed by atoms with van der Waals surface area (Å²) in [6.45, 7) is 18.0. The van der Waals surface area contributed by atoms with Crippen molar-refractivity contribution in [3.8, 4) is 0 Å². The standard InChI is InChI=1S/C28H46ClN3O4.C27H45ClN4O4.C16H25ClN2O3.C11H23N/c1-4-10-25(20-22-11-7-6-8-12-22)31-27(33)32(17-5-2)18-15-26(23-13-9-14-24(29)21-23)36-19-16-30-28(34)35-3;1-4-15-32(26(33)31-24(20-29-2)18-21-9-6-5-7-10-21)16-13-25(22-11-8-12-23(28)19-22)36-17-14-30-27(34)35-3;1-3-8-18-9-7-15(13-5-4-6-14(17)12-13)22-11-10-19-16(20)21-2;1-2-6-11(12)9-10-7-4-3-5-8-10/h9,13-14,21-22,25-26H,4-8,10-12,15-20H2,1-3H3,(H,30,34)(H,31,33);8,11-12,19,21,24-25,29H,4-7,9-10,13-18,20H2,1-3H3,(H,30,34)(H,31,33);4-6,12,15,18H,3,7-11H2,1-2H3,(H,19,20);10-11H,2-9,12H2,1H3/t25-,26-;24-,25+;;11-/m10.1/s1. The maximum Gasteiger partial charge on any atom is 0.406 e. The van der Waals surface area contributed by atoms with Crippen LogP contribution in [-0.4, -0.2) is 172 Å². The lowest BCUT2D eigenvalue weighted by molar-refractivity contribution is 0.0424. The second-order valence-corrected chi connectivity index (χ2v) is 29.8. The van der Waals surface area contributed by atoms with Crippen LogP contribution in [0.2, 0.25) is 15.1 Å². The quantitative estimate of drug-likeness (QED) is 0.0194. The molecule has 604 valence electrons. The summed E-state index contributed by atoms with van der Waals surface area (Å²) < 4.78 is 31.9. The van der Waals surface area contributed by atoms with Gasteiger partial charge in [0.1, 0.15) is 0 Å². The molecule has 3 aromatic carbocycles. The van der Waals surface area contributed by atoms with E-state index in [9.17, 15) is 24.0 Å². The van der Waals surface area contributed by atoms with E-state index in [-0.39, 0.29) is 42.5 Å². The highest BCUT2D eigenvalue weighted by molar-refractivity contribution is 6.31. The van der Waals surface area contributed by atoms with Gasteiger partial charge in [-0.1, -0.05) is 215 Å². The molecule has 0 bridgehead atoms. The number of benzene rings is 3. The maximum atomic E-state index is 13.3. The number of nitrogens with zero attached hydrogens (tertiary/aromatic N) is 2. The minimum Gasteiger partial charge on any atom is -0.453 e. The second kappa shape index (κ2) is 60.5. The van der Waals surface area contributed by atoms with Gasteiger partial charge in [0.2, 0.25) is 0 Å². The third-order valence-corrected chi connectivity index (χ3v) is 20.3. The minimum absolute atomic E-state index is 0.0170. The molecule has 6 rings (SSSR count). The topological polar surface area (TPSA) is 257 Å². The molecule has 0 heterocycles. The average Bonchev–Trinajstić information content (AvgIpc) is 0.878. The summed E-state index contributed by atoms with van der Waals surface area (Å²) in [6.07, 6.45) is 31.2. The van der Waals surface area contributed by atoms with Gasteiger partial charge in [-0.05, 0) is 162 Å². The molecular weight excluding hydrogens is 1410 g/mol. The first-order valence-electron chi connectivity index (χ1n) is 40.2. The van der Waals surface area contributed by atoms with Crippen LogP contribution in [0, 0.1) is 17.8 Å². The Labute approximate surface area is 653 Å². The Balaban J connectivity index is 0.000000391. The molecule has 0 aliphatic heterocycles. The number of hydrogen-bond donors (Lipinski definition) is 8. The normalized spacial score (nSPS) is 15.7. The Kier molecular flexibility index (Phi) is 54.1. The highest BCUT2D eigenvalue weighted by atomic mass is 35.5. The Bertz CT molecular complexity index is 2640. The van der Waals surface area contributed by atoms with Crippen molar-refractivity contribution in [1.29, 1.82) is 0 Å². The lowest BCUT2D eigenvalue weighted by Gasteiger charge is -2.30. The highest BCUT2D eigenvalue weighted by Crippen LogP contribution is 2.32. The lowest BCUT2D eigenvalue weighted by Crippen LogP contribution is -2.49. The first kappa shape index (κ1) is 94.8. The van der Waals surface area contributed by atoms with Crippen LogP contribution in [0.15, 0.2) is 72.8 Å². The molecule has 3 aromatic rings. The van der Waals surface area contributed by atoms with Crippen molar-refractivity contribution in [2.75, 3.05) is 114 Å². The fraction of sp³-hybridized carbons (Fsp3) is 0.720. The number of likely N-dealkylation sites (N-methyl/N-ethyl adjacent to an activating group) is 1. The summed E-state index contributed by atoms with van der Waals surface area (Å²) >= 11 is 18.5. The largest absolute Gasteiger partial charge is 0.453 e. The SMILES string of the molecule is CCCN(CC[C@@H](OCCNC(=O)OC)c1cccc(Cl)c1)C(=O)N[C@H](CNC)CC1CCCCC1.CCCNCCC(OCCNC(=O)OC)c1cccc(Cl)c1.CCC[C@@H](N)CC1CCCCC1.CCC[C@H](CC1CCCCC1)NC(=O)N(CCC)CC[C@@H](OCCNC(=O)OC)c1cccc(Cl)c1. The van der Waals surface area contributed by atoms with E-state index in [1.54, 1.807) is 0 Å². The Morgan fingerprint density at radius 1 is 0.443 bits per heavy atom. The summed E-state index contributed by atoms with van der Waals surface area (Å²) in [5.74, 6) is 2.38. The van der Waals surface area contributed by atoms with E-state index in [1.807, 2.05) is 89.6 Å². The number of carbonyl (C=O) groups is 5. The predicted molar refractivity (Wildman–Crippen MR) is 432 cm³/mol. The van der Waals surface area contributed by atoms with Crippen LogP contribution in [0.1, 0.15) is 249 Å². The fourth-order valence-electron chi connectivity index (χ4n) is 14.2. The maximum absolute atomic E-state index is 13.3. The summed E-state index contributed by atoms with van der Waals surface area (Å²) in [4.78, 5) is 64.1. The molecule has 21 nitrogen and oxygen atoms in total. The third kappa shape index (κ3) is 43.7. The molecule has 6 atom stereocenters. The van der Waals surface area contributed by atoms with E-state index in [0.29, 0.717) is 106 Å². The van der Waals surface area contributed by atoms with Crippen LogP contribution in [0.25, 0.3) is 0 Å². The molecule has 3 aliphatic carbocycles. The number of amides is 7. The second-order valence-electron chi connectivity index (χ2n) is 28.5. The summed E-state index contributed by atoms with van der Waals surface area (Å²) in [7, 11) is 5.93. The van der Waals surface area contributed by atoms with Gasteiger partial charge in [-0.2, -0.15) is 0 Å². The molecule has 106 heavy (non-hydrogen) atoms. The van der Waals surface area contributed by atoms with Crippen LogP contribution in [0.4, 0.5) is 24.0 Å². The van der Waals surface area contributed by atoms with Crippen LogP contribution in [0.5, 0.6) is 0 Å². The molecule has 3 fully saturated rings. The smallest absolute Gasteiger partial charge is 0.406 e. The first-order chi connectivity index (χ1) is 51.4. The van der Waals surface area contributed by atoms with Crippen molar-refractivity contribution >= 4 is 65.1 Å². The Morgan fingerprint density at radius 3 is 1.16 bits per heavy atom. The Hall–Kier alpha value is -5.36. The molecule has 0 saturated heterocycles. The zero-order valence-corrected chi connectivity index (χ0v) is 68.5. The zero-order valence-electron chi connectivity index (χ0n) is 66.2. The van der Waals surface area contributed by atoms with Crippen molar-refractivity contribution in [3.05, 3.63) is 105 Å². The molecule has 24 heteroatoms. The number of hydrogen-bond acceptors (Lipinski definition) is 14. The monoisotopic (exact) mass is 1540 g/mol. The van der Waals surface area contributed by atoms with E-state index >= 15 is 0 Å². The number of methoxy groups -OCH3 is 3. The molecule has 9 N–H and O–H groups in total. The van der Waals surface area contributed by atoms with Gasteiger partial charge in [0, 0.05) is 85.6 Å². The van der Waals surface area contributed by atoms with E-state index in [0.717, 1.165) is 99.5 Å². The fourth-order valence-corrected chi connectivity index (χ4v) is 14.8. The molecule has 3 saturated carbocycles. The molecule has 0 aromatic heterocycles. The molecule has 1 unspecified atom stereocenters. The van der Waals surface area contributed by atoms with Gasteiger partial charge in [-0.3, -0.25) is 0 Å². The van der Waals surface area contributed by atoms with Crippen LogP contribution < -0.4 is 43.0 Å². The third-order valence-electron chi connectivity index (χ3n) is 19.6. The van der Waals surface area contributed by atoms with Crippen molar-refractivity contribution < 1.29 is 52.4 Å². The summed E-state index contributed by atoms with van der Waals surface area (Å²) in [5, 5.41) is 23.1. The number of halogens is 3. The minimum atomic E-state index is -0.493. The van der Waals surface area contributed by atoms with Crippen LogP contribution in [0.3, 0.4) is 0 Å². The molecule has 0 spiro atoms. The van der Waals surface area contributed by atoms with Crippen LogP contribution in [-0.2, 0) is 28.4 Å². The van der Waals surface area contributed by atoms with Gasteiger partial charge in [0.05, 0.1) is 59.5 Å². The molecule has 0 radical (unpaired) electrons. The first-order valence-corrected chi connectivity index (χ1v) is 41.3. The van der Waals surface area contributed by atoms with E-state index in [4.69, 9.17) is 54.7 Å². The number of urea groups is 2. The van der Waals surface area contributed by atoms with Gasteiger partial charge in [0.15, 0.2) is 0 Å². The van der Waals surface area contributed by atoms with Gasteiger partial charge >= 0.3 is 30.3 Å². The summed E-state index contributed by atoms with van der Waals surface area (Å²) in [6, 6.07) is 23.7. The number of alkyl carbamates (subject to hydrolysis) is 3. The predicted octanol–water partition coefficient (Wildman–Crippen LogP) is 18.1. The zero-order chi connectivity index (χ0) is 77.4. The van der Waals surface area contributed by atoms with Crippen LogP contribution >= 0.6 is 34.8 Å².